The number of carboxylic acids is 1. The SMILES string of the molecule is CCC(C(=O)O)C(N)c1ccoc1. The summed E-state index contributed by atoms with van der Waals surface area (Å²) in [5, 5.41) is 8.83. The van der Waals surface area contributed by atoms with Crippen molar-refractivity contribution in [3.63, 3.8) is 0 Å². The van der Waals surface area contributed by atoms with Crippen LogP contribution in [0.25, 0.3) is 0 Å². The van der Waals surface area contributed by atoms with E-state index >= 15 is 0 Å². The third-order valence-electron chi connectivity index (χ3n) is 2.12. The van der Waals surface area contributed by atoms with E-state index in [9.17, 15) is 4.79 Å². The molecule has 72 valence electrons. The highest BCUT2D eigenvalue weighted by Crippen LogP contribution is 2.22. The minimum Gasteiger partial charge on any atom is -0.481 e. The zero-order valence-corrected chi connectivity index (χ0v) is 7.43. The first-order valence-corrected chi connectivity index (χ1v) is 4.17. The number of carboxylic acid groups (broad SMARTS) is 1. The Morgan fingerprint density at radius 3 is 2.85 bits per heavy atom. The minimum atomic E-state index is -0.865. The van der Waals surface area contributed by atoms with Crippen LogP contribution in [0, 0.1) is 5.92 Å². The molecule has 0 aromatic carbocycles. The van der Waals surface area contributed by atoms with Gasteiger partial charge in [-0.1, -0.05) is 6.92 Å². The molecule has 13 heavy (non-hydrogen) atoms. The Kier molecular flexibility index (Phi) is 3.08. The van der Waals surface area contributed by atoms with E-state index in [1.54, 1.807) is 13.0 Å². The van der Waals surface area contributed by atoms with Gasteiger partial charge in [0.05, 0.1) is 18.4 Å². The zero-order chi connectivity index (χ0) is 9.84. The summed E-state index contributed by atoms with van der Waals surface area (Å²) in [6, 6.07) is 1.21. The summed E-state index contributed by atoms with van der Waals surface area (Å²) in [6.07, 6.45) is 3.49. The lowest BCUT2D eigenvalue weighted by atomic mass is 9.93. The van der Waals surface area contributed by atoms with Crippen molar-refractivity contribution in [1.29, 1.82) is 0 Å². The second-order valence-electron chi connectivity index (χ2n) is 2.94. The van der Waals surface area contributed by atoms with E-state index in [0.29, 0.717) is 6.42 Å². The van der Waals surface area contributed by atoms with Crippen molar-refractivity contribution in [3.05, 3.63) is 24.2 Å². The van der Waals surface area contributed by atoms with Crippen LogP contribution in [-0.4, -0.2) is 11.1 Å². The van der Waals surface area contributed by atoms with Crippen LogP contribution in [0.3, 0.4) is 0 Å². The molecule has 1 rings (SSSR count). The summed E-state index contributed by atoms with van der Waals surface area (Å²) < 4.78 is 4.84. The Hall–Kier alpha value is -1.29. The lowest BCUT2D eigenvalue weighted by molar-refractivity contribution is -0.142. The predicted molar refractivity (Wildman–Crippen MR) is 47.1 cm³/mol. The quantitative estimate of drug-likeness (QED) is 0.739. The van der Waals surface area contributed by atoms with Crippen LogP contribution in [0.5, 0.6) is 0 Å². The fourth-order valence-electron chi connectivity index (χ4n) is 1.28. The maximum atomic E-state index is 10.8. The largest absolute Gasteiger partial charge is 0.481 e. The molecule has 1 aromatic heterocycles. The number of hydrogen-bond donors (Lipinski definition) is 2. The number of furan rings is 1. The fraction of sp³-hybridized carbons (Fsp3) is 0.444. The van der Waals surface area contributed by atoms with Gasteiger partial charge in [0.25, 0.3) is 0 Å². The highest BCUT2D eigenvalue weighted by Gasteiger charge is 2.24. The second-order valence-corrected chi connectivity index (χ2v) is 2.94. The Labute approximate surface area is 76.3 Å². The van der Waals surface area contributed by atoms with Gasteiger partial charge in [0, 0.05) is 11.6 Å². The summed E-state index contributed by atoms with van der Waals surface area (Å²) in [7, 11) is 0. The topological polar surface area (TPSA) is 76.5 Å². The molecule has 0 aliphatic rings. The molecule has 2 unspecified atom stereocenters. The van der Waals surface area contributed by atoms with Gasteiger partial charge in [-0.05, 0) is 12.5 Å². The minimum absolute atomic E-state index is 0.485. The zero-order valence-electron chi connectivity index (χ0n) is 7.43. The maximum Gasteiger partial charge on any atom is 0.308 e. The van der Waals surface area contributed by atoms with Crippen molar-refractivity contribution in [2.24, 2.45) is 11.7 Å². The summed E-state index contributed by atoms with van der Waals surface area (Å²) in [5.41, 5.74) is 6.49. The van der Waals surface area contributed by atoms with E-state index < -0.39 is 17.9 Å². The van der Waals surface area contributed by atoms with Crippen molar-refractivity contribution in [1.82, 2.24) is 0 Å². The van der Waals surface area contributed by atoms with Gasteiger partial charge in [0.1, 0.15) is 0 Å². The molecule has 1 heterocycles. The maximum absolute atomic E-state index is 10.8. The molecule has 3 N–H and O–H groups in total. The first-order valence-electron chi connectivity index (χ1n) is 4.17. The average molecular weight is 183 g/mol. The molecule has 0 aliphatic heterocycles. The van der Waals surface area contributed by atoms with Crippen molar-refractivity contribution in [3.8, 4) is 0 Å². The summed E-state index contributed by atoms with van der Waals surface area (Å²) >= 11 is 0. The van der Waals surface area contributed by atoms with Gasteiger partial charge in [-0.25, -0.2) is 0 Å². The van der Waals surface area contributed by atoms with Gasteiger partial charge in [-0.15, -0.1) is 0 Å². The van der Waals surface area contributed by atoms with E-state index in [1.165, 1.54) is 12.5 Å². The van der Waals surface area contributed by atoms with Crippen LogP contribution in [-0.2, 0) is 4.79 Å². The Balaban J connectivity index is 2.76. The van der Waals surface area contributed by atoms with Gasteiger partial charge in [0.15, 0.2) is 0 Å². The Morgan fingerprint density at radius 2 is 2.46 bits per heavy atom. The molecule has 0 saturated heterocycles. The Morgan fingerprint density at radius 1 is 1.77 bits per heavy atom. The van der Waals surface area contributed by atoms with Crippen LogP contribution in [0.2, 0.25) is 0 Å². The summed E-state index contributed by atoms with van der Waals surface area (Å²) in [4.78, 5) is 10.8. The lowest BCUT2D eigenvalue weighted by Gasteiger charge is -2.16. The van der Waals surface area contributed by atoms with Crippen LogP contribution < -0.4 is 5.73 Å². The highest BCUT2D eigenvalue weighted by molar-refractivity contribution is 5.71. The predicted octanol–water partition coefficient (Wildman–Crippen LogP) is 1.39. The molecule has 0 saturated carbocycles. The number of nitrogens with two attached hydrogens (primary N) is 1. The van der Waals surface area contributed by atoms with Crippen molar-refractivity contribution in [2.75, 3.05) is 0 Å². The highest BCUT2D eigenvalue weighted by atomic mass is 16.4. The second kappa shape index (κ2) is 4.09. The van der Waals surface area contributed by atoms with Gasteiger partial charge >= 0.3 is 5.97 Å². The average Bonchev–Trinajstić information content (AvgIpc) is 2.56. The first-order chi connectivity index (χ1) is 6.16. The molecule has 0 radical (unpaired) electrons. The standard InChI is InChI=1S/C9H13NO3/c1-2-7(9(11)12)8(10)6-3-4-13-5-6/h3-5,7-8H,2,10H2,1H3,(H,11,12). The molecule has 0 aliphatic carbocycles. The molecule has 0 bridgehead atoms. The molecule has 4 heteroatoms. The number of hydrogen-bond acceptors (Lipinski definition) is 3. The van der Waals surface area contributed by atoms with Crippen LogP contribution in [0.4, 0.5) is 0 Å². The summed E-state index contributed by atoms with van der Waals surface area (Å²) in [5.74, 6) is -1.41. The van der Waals surface area contributed by atoms with E-state index in [4.69, 9.17) is 15.3 Å². The van der Waals surface area contributed by atoms with E-state index in [1.807, 2.05) is 0 Å². The Bertz CT molecular complexity index is 268. The van der Waals surface area contributed by atoms with Gasteiger partial charge < -0.3 is 15.3 Å². The monoisotopic (exact) mass is 183 g/mol. The first kappa shape index (κ1) is 9.80. The molecule has 2 atom stereocenters. The number of rotatable bonds is 4. The molecule has 0 amide bonds. The molecule has 0 fully saturated rings. The molecular weight excluding hydrogens is 170 g/mol. The summed E-state index contributed by atoms with van der Waals surface area (Å²) in [6.45, 7) is 1.80. The number of aliphatic carboxylic acids is 1. The van der Waals surface area contributed by atoms with Gasteiger partial charge in [0.2, 0.25) is 0 Å². The molecule has 4 nitrogen and oxygen atoms in total. The fourth-order valence-corrected chi connectivity index (χ4v) is 1.28. The third kappa shape index (κ3) is 2.09. The number of carbonyl (C=O) groups is 1. The van der Waals surface area contributed by atoms with E-state index in [-0.39, 0.29) is 0 Å². The normalized spacial score (nSPS) is 15.2. The van der Waals surface area contributed by atoms with Crippen LogP contribution in [0.1, 0.15) is 24.9 Å². The van der Waals surface area contributed by atoms with Crippen molar-refractivity contribution >= 4 is 5.97 Å². The van der Waals surface area contributed by atoms with Crippen LogP contribution >= 0.6 is 0 Å². The molecule has 0 spiro atoms. The van der Waals surface area contributed by atoms with Crippen LogP contribution in [0.15, 0.2) is 23.0 Å². The van der Waals surface area contributed by atoms with Crippen molar-refractivity contribution < 1.29 is 14.3 Å². The van der Waals surface area contributed by atoms with E-state index in [2.05, 4.69) is 0 Å². The third-order valence-corrected chi connectivity index (χ3v) is 2.12. The van der Waals surface area contributed by atoms with Gasteiger partial charge in [-0.2, -0.15) is 0 Å². The van der Waals surface area contributed by atoms with Gasteiger partial charge in [-0.3, -0.25) is 4.79 Å². The molecular formula is C9H13NO3. The smallest absolute Gasteiger partial charge is 0.308 e. The van der Waals surface area contributed by atoms with Crippen molar-refractivity contribution in [2.45, 2.75) is 19.4 Å². The lowest BCUT2D eigenvalue weighted by Crippen LogP contribution is -2.27. The molecule has 1 aromatic rings. The van der Waals surface area contributed by atoms with E-state index in [0.717, 1.165) is 5.56 Å².